The Morgan fingerprint density at radius 3 is 2.70 bits per heavy atom. The molecule has 0 fully saturated rings. The highest BCUT2D eigenvalue weighted by molar-refractivity contribution is 7.20. The van der Waals surface area contributed by atoms with E-state index in [2.05, 4.69) is 5.32 Å². The monoisotopic (exact) mass is 285 g/mol. The van der Waals surface area contributed by atoms with Gasteiger partial charge in [-0.2, -0.15) is 0 Å². The van der Waals surface area contributed by atoms with Gasteiger partial charge >= 0.3 is 0 Å². The molecular formula is C16H12FNOS. The van der Waals surface area contributed by atoms with E-state index < -0.39 is 0 Å². The lowest BCUT2D eigenvalue weighted by Gasteiger charge is -2.02. The summed E-state index contributed by atoms with van der Waals surface area (Å²) >= 11 is 1.37. The van der Waals surface area contributed by atoms with Crippen LogP contribution in [0.15, 0.2) is 54.6 Å². The minimum atomic E-state index is -0.286. The summed E-state index contributed by atoms with van der Waals surface area (Å²) in [6, 6.07) is 16.0. The SMILES string of the molecule is O=C(NCc1ccccc1)c1cc2cc(F)ccc2s1. The van der Waals surface area contributed by atoms with E-state index in [1.165, 1.54) is 23.5 Å². The number of carbonyl (C=O) groups excluding carboxylic acids is 1. The molecule has 0 atom stereocenters. The van der Waals surface area contributed by atoms with Crippen molar-refractivity contribution in [3.63, 3.8) is 0 Å². The number of rotatable bonds is 3. The van der Waals surface area contributed by atoms with Crippen LogP contribution in [0.25, 0.3) is 10.1 Å². The van der Waals surface area contributed by atoms with Crippen LogP contribution in [0.1, 0.15) is 15.2 Å². The lowest BCUT2D eigenvalue weighted by molar-refractivity contribution is 0.0955. The minimum Gasteiger partial charge on any atom is -0.347 e. The molecule has 0 spiro atoms. The third-order valence-electron chi connectivity index (χ3n) is 3.00. The predicted molar refractivity (Wildman–Crippen MR) is 79.4 cm³/mol. The Bertz CT molecular complexity index is 752. The minimum absolute atomic E-state index is 0.129. The highest BCUT2D eigenvalue weighted by atomic mass is 32.1. The van der Waals surface area contributed by atoms with Crippen molar-refractivity contribution in [3.8, 4) is 0 Å². The van der Waals surface area contributed by atoms with E-state index in [1.54, 1.807) is 12.1 Å². The summed E-state index contributed by atoms with van der Waals surface area (Å²) < 4.78 is 14.0. The molecule has 2 nitrogen and oxygen atoms in total. The van der Waals surface area contributed by atoms with E-state index in [4.69, 9.17) is 0 Å². The summed E-state index contributed by atoms with van der Waals surface area (Å²) in [5.74, 6) is -0.415. The number of nitrogens with one attached hydrogen (secondary N) is 1. The maximum Gasteiger partial charge on any atom is 0.261 e. The topological polar surface area (TPSA) is 29.1 Å². The second-order valence-corrected chi connectivity index (χ2v) is 5.54. The van der Waals surface area contributed by atoms with Gasteiger partial charge in [-0.3, -0.25) is 4.79 Å². The molecule has 3 rings (SSSR count). The number of fused-ring (bicyclic) bond motifs is 1. The molecule has 0 aliphatic carbocycles. The van der Waals surface area contributed by atoms with E-state index in [0.717, 1.165) is 15.6 Å². The summed E-state index contributed by atoms with van der Waals surface area (Å²) in [5, 5.41) is 3.63. The van der Waals surface area contributed by atoms with Crippen molar-refractivity contribution in [1.82, 2.24) is 5.32 Å². The van der Waals surface area contributed by atoms with Gasteiger partial charge in [-0.1, -0.05) is 30.3 Å². The molecule has 2 aromatic carbocycles. The zero-order chi connectivity index (χ0) is 13.9. The van der Waals surface area contributed by atoms with E-state index in [-0.39, 0.29) is 11.7 Å². The molecule has 0 unspecified atom stereocenters. The first-order valence-electron chi connectivity index (χ1n) is 6.23. The molecule has 0 bridgehead atoms. The number of hydrogen-bond acceptors (Lipinski definition) is 2. The normalized spacial score (nSPS) is 10.7. The molecule has 0 saturated carbocycles. The maximum atomic E-state index is 13.1. The molecular weight excluding hydrogens is 273 g/mol. The van der Waals surface area contributed by atoms with Gasteiger partial charge in [0.25, 0.3) is 5.91 Å². The average molecular weight is 285 g/mol. The van der Waals surface area contributed by atoms with Crippen molar-refractivity contribution in [2.75, 3.05) is 0 Å². The summed E-state index contributed by atoms with van der Waals surface area (Å²) in [5.41, 5.74) is 1.05. The molecule has 1 heterocycles. The van der Waals surface area contributed by atoms with Crippen LogP contribution in [-0.2, 0) is 6.54 Å². The summed E-state index contributed by atoms with van der Waals surface area (Å²) in [6.45, 7) is 0.488. The number of carbonyl (C=O) groups is 1. The molecule has 1 N–H and O–H groups in total. The highest BCUT2D eigenvalue weighted by Gasteiger charge is 2.10. The van der Waals surface area contributed by atoms with Crippen LogP contribution in [0.4, 0.5) is 4.39 Å². The molecule has 1 aromatic heterocycles. The smallest absolute Gasteiger partial charge is 0.261 e. The van der Waals surface area contributed by atoms with E-state index in [1.807, 2.05) is 30.3 Å². The Balaban J connectivity index is 1.75. The number of halogens is 1. The Hall–Kier alpha value is -2.20. The zero-order valence-corrected chi connectivity index (χ0v) is 11.4. The van der Waals surface area contributed by atoms with Crippen molar-refractivity contribution in [3.05, 3.63) is 70.9 Å². The molecule has 20 heavy (non-hydrogen) atoms. The van der Waals surface area contributed by atoms with Crippen LogP contribution in [0, 0.1) is 5.82 Å². The molecule has 100 valence electrons. The summed E-state index contributed by atoms with van der Waals surface area (Å²) in [7, 11) is 0. The van der Waals surface area contributed by atoms with Crippen molar-refractivity contribution in [1.29, 1.82) is 0 Å². The van der Waals surface area contributed by atoms with Crippen LogP contribution in [0.3, 0.4) is 0 Å². The Morgan fingerprint density at radius 2 is 1.90 bits per heavy atom. The van der Waals surface area contributed by atoms with Gasteiger partial charge in [0.1, 0.15) is 5.82 Å². The quantitative estimate of drug-likeness (QED) is 0.775. The maximum absolute atomic E-state index is 13.1. The van der Waals surface area contributed by atoms with Crippen LogP contribution in [0.5, 0.6) is 0 Å². The predicted octanol–water partition coefficient (Wildman–Crippen LogP) is 3.97. The second-order valence-electron chi connectivity index (χ2n) is 4.46. The average Bonchev–Trinajstić information content (AvgIpc) is 2.89. The molecule has 4 heteroatoms. The fraction of sp³-hybridized carbons (Fsp3) is 0.0625. The first kappa shape index (κ1) is 12.8. The van der Waals surface area contributed by atoms with E-state index >= 15 is 0 Å². The van der Waals surface area contributed by atoms with Gasteiger partial charge in [-0.15, -0.1) is 11.3 Å². The summed E-state index contributed by atoms with van der Waals surface area (Å²) in [6.07, 6.45) is 0. The number of benzene rings is 2. The van der Waals surface area contributed by atoms with Crippen molar-refractivity contribution in [2.45, 2.75) is 6.54 Å². The van der Waals surface area contributed by atoms with E-state index in [9.17, 15) is 9.18 Å². The van der Waals surface area contributed by atoms with Crippen molar-refractivity contribution >= 4 is 27.3 Å². The van der Waals surface area contributed by atoms with Crippen molar-refractivity contribution in [2.24, 2.45) is 0 Å². The molecule has 3 aromatic rings. The van der Waals surface area contributed by atoms with Gasteiger partial charge < -0.3 is 5.32 Å². The number of hydrogen-bond donors (Lipinski definition) is 1. The van der Waals surface area contributed by atoms with Crippen LogP contribution < -0.4 is 5.32 Å². The summed E-state index contributed by atoms with van der Waals surface area (Å²) in [4.78, 5) is 12.7. The molecule has 0 aliphatic heterocycles. The van der Waals surface area contributed by atoms with Crippen molar-refractivity contribution < 1.29 is 9.18 Å². The Labute approximate surface area is 119 Å². The number of thiophene rings is 1. The molecule has 0 saturated heterocycles. The fourth-order valence-corrected chi connectivity index (χ4v) is 2.95. The molecule has 1 amide bonds. The standard InChI is InChI=1S/C16H12FNOS/c17-13-6-7-14-12(8-13)9-15(20-14)16(19)18-10-11-4-2-1-3-5-11/h1-9H,10H2,(H,18,19). The van der Waals surface area contributed by atoms with Crippen LogP contribution in [0.2, 0.25) is 0 Å². The van der Waals surface area contributed by atoms with Gasteiger partial charge in [0.2, 0.25) is 0 Å². The Kier molecular flexibility index (Phi) is 3.48. The first-order valence-corrected chi connectivity index (χ1v) is 7.05. The lowest BCUT2D eigenvalue weighted by Crippen LogP contribution is -2.21. The third kappa shape index (κ3) is 2.70. The van der Waals surface area contributed by atoms with Gasteiger partial charge in [0, 0.05) is 11.2 Å². The lowest BCUT2D eigenvalue weighted by atomic mass is 10.2. The fourth-order valence-electron chi connectivity index (χ4n) is 1.99. The third-order valence-corrected chi connectivity index (χ3v) is 4.11. The van der Waals surface area contributed by atoms with Gasteiger partial charge in [-0.25, -0.2) is 4.39 Å². The first-order chi connectivity index (χ1) is 9.72. The van der Waals surface area contributed by atoms with Gasteiger partial charge in [0.15, 0.2) is 0 Å². The van der Waals surface area contributed by atoms with Gasteiger partial charge in [-0.05, 0) is 35.2 Å². The zero-order valence-electron chi connectivity index (χ0n) is 10.6. The molecule has 0 radical (unpaired) electrons. The molecule has 0 aliphatic rings. The van der Waals surface area contributed by atoms with Crippen LogP contribution >= 0.6 is 11.3 Å². The second kappa shape index (κ2) is 5.43. The van der Waals surface area contributed by atoms with Crippen LogP contribution in [-0.4, -0.2) is 5.91 Å². The van der Waals surface area contributed by atoms with Gasteiger partial charge in [0.05, 0.1) is 4.88 Å². The largest absolute Gasteiger partial charge is 0.347 e. The number of amides is 1. The van der Waals surface area contributed by atoms with E-state index in [0.29, 0.717) is 11.4 Å². The highest BCUT2D eigenvalue weighted by Crippen LogP contribution is 2.26. The Morgan fingerprint density at radius 1 is 1.10 bits per heavy atom.